The number of anilines is 4. The second-order valence-corrected chi connectivity index (χ2v) is 7.37. The SMILES string of the molecule is N#[N+]N(c1ccccc1)c1ccccc1.N#[N+]N(c1ccccc1)c1ccccc1.O=S(=O)([O-])[O-]. The van der Waals surface area contributed by atoms with E-state index in [1.165, 1.54) is 10.0 Å². The van der Waals surface area contributed by atoms with Crippen LogP contribution in [0.1, 0.15) is 0 Å². The number of benzene rings is 4. The molecule has 0 bridgehead atoms. The third kappa shape index (κ3) is 9.69. The lowest BCUT2D eigenvalue weighted by Crippen LogP contribution is -2.04. The molecule has 10 nitrogen and oxygen atoms in total. The molecule has 176 valence electrons. The molecule has 0 fully saturated rings. The van der Waals surface area contributed by atoms with Crippen LogP contribution in [0.3, 0.4) is 0 Å². The van der Waals surface area contributed by atoms with Crippen molar-refractivity contribution in [3.63, 3.8) is 0 Å². The summed E-state index contributed by atoms with van der Waals surface area (Å²) in [5, 5.41) is 27.4. The Balaban J connectivity index is 0.000000208. The maximum atomic E-state index is 8.98. The van der Waals surface area contributed by atoms with Crippen LogP contribution in [0, 0.1) is 10.8 Å². The van der Waals surface area contributed by atoms with Gasteiger partial charge in [0.05, 0.1) is 0 Å². The molecule has 0 unspecified atom stereocenters. The molecule has 4 aromatic rings. The van der Waals surface area contributed by atoms with E-state index < -0.39 is 10.4 Å². The molecule has 11 heteroatoms. The largest absolute Gasteiger partial charge is 0.759 e. The minimum atomic E-state index is -5.17. The molecular formula is C24H20N6O4S. The van der Waals surface area contributed by atoms with Crippen LogP contribution in [0.2, 0.25) is 0 Å². The van der Waals surface area contributed by atoms with Gasteiger partial charge in [-0.2, -0.15) is 0 Å². The van der Waals surface area contributed by atoms with Gasteiger partial charge >= 0.3 is 10.2 Å². The maximum Gasteiger partial charge on any atom is 0.316 e. The summed E-state index contributed by atoms with van der Waals surface area (Å²) >= 11 is 0. The van der Waals surface area contributed by atoms with E-state index in [2.05, 4.69) is 10.2 Å². The van der Waals surface area contributed by atoms with Gasteiger partial charge in [-0.15, -0.1) is 0 Å². The van der Waals surface area contributed by atoms with Gasteiger partial charge in [0.2, 0.25) is 0 Å². The van der Waals surface area contributed by atoms with E-state index in [9.17, 15) is 0 Å². The van der Waals surface area contributed by atoms with E-state index >= 15 is 0 Å². The Labute approximate surface area is 203 Å². The second-order valence-electron chi connectivity index (χ2n) is 6.55. The fourth-order valence-electron chi connectivity index (χ4n) is 2.78. The maximum absolute atomic E-state index is 8.98. The molecule has 4 aromatic carbocycles. The van der Waals surface area contributed by atoms with Gasteiger partial charge < -0.3 is 9.11 Å². The normalized spacial score (nSPS) is 9.60. The summed E-state index contributed by atoms with van der Waals surface area (Å²) in [6, 6.07) is 37.9. The van der Waals surface area contributed by atoms with E-state index in [1.54, 1.807) is 0 Å². The van der Waals surface area contributed by atoms with Crippen molar-refractivity contribution in [1.29, 1.82) is 10.8 Å². The molecule has 0 aromatic heterocycles. The molecule has 0 aliphatic rings. The molecule has 0 aliphatic heterocycles. The van der Waals surface area contributed by atoms with Crippen molar-refractivity contribution < 1.29 is 17.5 Å². The molecule has 0 radical (unpaired) electrons. The Morgan fingerprint density at radius 1 is 0.486 bits per heavy atom. The second kappa shape index (κ2) is 13.7. The van der Waals surface area contributed by atoms with E-state index in [0.29, 0.717) is 0 Å². The van der Waals surface area contributed by atoms with Crippen LogP contribution in [-0.4, -0.2) is 17.5 Å². The van der Waals surface area contributed by atoms with Gasteiger partial charge in [-0.3, -0.25) is 8.42 Å². The Morgan fingerprint density at radius 3 is 0.800 bits per heavy atom. The third-order valence-corrected chi connectivity index (χ3v) is 4.18. The molecule has 0 aliphatic carbocycles. The Kier molecular flexibility index (Phi) is 10.3. The van der Waals surface area contributed by atoms with Gasteiger partial charge in [-0.05, 0) is 48.5 Å². The topological polar surface area (TPSA) is 143 Å². The zero-order valence-corrected chi connectivity index (χ0v) is 19.1. The number of nitrogens with zero attached hydrogens (tertiary/aromatic N) is 6. The van der Waals surface area contributed by atoms with Crippen LogP contribution in [0.25, 0.3) is 10.2 Å². The van der Waals surface area contributed by atoms with E-state index in [4.69, 9.17) is 28.3 Å². The average Bonchev–Trinajstić information content (AvgIpc) is 2.87. The summed E-state index contributed by atoms with van der Waals surface area (Å²) in [6.07, 6.45) is 0. The number of para-hydroxylation sites is 4. The van der Waals surface area contributed by atoms with Gasteiger partial charge in [-0.25, -0.2) is 0 Å². The highest BCUT2D eigenvalue weighted by atomic mass is 32.3. The minimum absolute atomic E-state index is 0.825. The average molecular weight is 489 g/mol. The van der Waals surface area contributed by atoms with E-state index in [1.807, 2.05) is 121 Å². The van der Waals surface area contributed by atoms with Crippen molar-refractivity contribution in [3.05, 3.63) is 131 Å². The number of rotatable bonds is 4. The number of diazo groups is 2. The standard InChI is InChI=1S/2C12H10N3.H2O4S/c2*13-14-15(11-7-3-1-4-8-11)12-9-5-2-6-10-12;1-5(2,3)4/h2*1-10H;(H2,1,2,3,4)/q2*+1;/p-2. The quantitative estimate of drug-likeness (QED) is 0.151. The molecule has 0 saturated carbocycles. The van der Waals surface area contributed by atoms with E-state index in [0.717, 1.165) is 22.7 Å². The highest BCUT2D eigenvalue weighted by Crippen LogP contribution is 2.25. The number of hydrogen-bond acceptors (Lipinski definition) is 8. The Hall–Kier alpha value is -4.81. The van der Waals surface area contributed by atoms with Crippen LogP contribution in [0.5, 0.6) is 0 Å². The van der Waals surface area contributed by atoms with Gasteiger partial charge in [0.1, 0.15) is 22.7 Å². The van der Waals surface area contributed by atoms with Crippen molar-refractivity contribution in [2.75, 3.05) is 10.0 Å². The van der Waals surface area contributed by atoms with Gasteiger partial charge in [-0.1, -0.05) is 72.8 Å². The molecule has 0 saturated heterocycles. The van der Waals surface area contributed by atoms with Crippen molar-refractivity contribution >= 4 is 33.1 Å². The smallest absolute Gasteiger partial charge is 0.316 e. The van der Waals surface area contributed by atoms with E-state index in [-0.39, 0.29) is 0 Å². The monoisotopic (exact) mass is 488 g/mol. The first-order chi connectivity index (χ1) is 16.8. The van der Waals surface area contributed by atoms with Crippen molar-refractivity contribution in [2.45, 2.75) is 0 Å². The van der Waals surface area contributed by atoms with Crippen molar-refractivity contribution in [2.24, 2.45) is 0 Å². The van der Waals surface area contributed by atoms with Crippen LogP contribution in [0.4, 0.5) is 22.7 Å². The third-order valence-electron chi connectivity index (χ3n) is 4.18. The first-order valence-electron chi connectivity index (χ1n) is 10.0. The molecular weight excluding hydrogens is 468 g/mol. The molecule has 35 heavy (non-hydrogen) atoms. The summed E-state index contributed by atoms with van der Waals surface area (Å²) < 4.78 is 34.1. The molecule has 0 amide bonds. The molecule has 0 N–H and O–H groups in total. The highest BCUT2D eigenvalue weighted by molar-refractivity contribution is 7.79. The predicted molar refractivity (Wildman–Crippen MR) is 131 cm³/mol. The van der Waals surface area contributed by atoms with Crippen LogP contribution < -0.4 is 10.0 Å². The fraction of sp³-hybridized carbons (Fsp3) is 0. The van der Waals surface area contributed by atoms with Crippen LogP contribution in [0.15, 0.2) is 121 Å². The predicted octanol–water partition coefficient (Wildman–Crippen LogP) is 5.85. The molecule has 0 spiro atoms. The van der Waals surface area contributed by atoms with Gasteiger partial charge in [0.25, 0.3) is 10.8 Å². The first-order valence-corrected chi connectivity index (χ1v) is 11.3. The van der Waals surface area contributed by atoms with Crippen molar-refractivity contribution in [1.82, 2.24) is 0 Å². The summed E-state index contributed by atoms with van der Waals surface area (Å²) in [6.45, 7) is 0. The first kappa shape index (κ1) is 26.4. The lowest BCUT2D eigenvalue weighted by Gasteiger charge is -2.06. The zero-order valence-electron chi connectivity index (χ0n) is 18.3. The summed E-state index contributed by atoms with van der Waals surface area (Å²) in [5.41, 5.74) is 3.30. The lowest BCUT2D eigenvalue weighted by molar-refractivity contribution is 0.352. The van der Waals surface area contributed by atoms with Crippen LogP contribution >= 0.6 is 0 Å². The summed E-state index contributed by atoms with van der Waals surface area (Å²) in [7, 11) is -5.17. The number of hydrogen-bond donors (Lipinski definition) is 0. The summed E-state index contributed by atoms with van der Waals surface area (Å²) in [4.78, 5) is 0. The Morgan fingerprint density at radius 2 is 0.657 bits per heavy atom. The molecule has 0 heterocycles. The lowest BCUT2D eigenvalue weighted by atomic mass is 10.2. The fourth-order valence-corrected chi connectivity index (χ4v) is 2.78. The highest BCUT2D eigenvalue weighted by Gasteiger charge is 2.19. The van der Waals surface area contributed by atoms with Crippen LogP contribution in [-0.2, 0) is 10.4 Å². The zero-order chi connectivity index (χ0) is 25.5. The minimum Gasteiger partial charge on any atom is -0.759 e. The molecule has 4 rings (SSSR count). The molecule has 0 atom stereocenters. The van der Waals surface area contributed by atoms with Gasteiger partial charge in [0, 0.05) is 20.4 Å². The van der Waals surface area contributed by atoms with Crippen molar-refractivity contribution in [3.8, 4) is 0 Å². The van der Waals surface area contributed by atoms with Gasteiger partial charge in [0.15, 0.2) is 0 Å². The summed E-state index contributed by atoms with van der Waals surface area (Å²) in [5.74, 6) is 0. The Bertz CT molecular complexity index is 1170.